The second-order valence-corrected chi connectivity index (χ2v) is 4.71. The van der Waals surface area contributed by atoms with E-state index in [-0.39, 0.29) is 11.9 Å². The Kier molecular flexibility index (Phi) is 6.22. The van der Waals surface area contributed by atoms with Crippen molar-refractivity contribution in [1.82, 2.24) is 5.32 Å². The molecule has 1 N–H and O–H groups in total. The van der Waals surface area contributed by atoms with Crippen molar-refractivity contribution in [1.29, 1.82) is 0 Å². The van der Waals surface area contributed by atoms with Crippen LogP contribution in [0.5, 0.6) is 0 Å². The number of hydrogen-bond donors (Lipinski definition) is 1. The van der Waals surface area contributed by atoms with Crippen molar-refractivity contribution < 1.29 is 9.53 Å². The quantitative estimate of drug-likeness (QED) is 0.820. The van der Waals surface area contributed by atoms with Crippen molar-refractivity contribution >= 4 is 21.8 Å². The number of carbonyl (C=O) groups excluding carboxylic acids is 1. The normalized spacial score (nSPS) is 12.2. The van der Waals surface area contributed by atoms with E-state index < -0.39 is 0 Å². The molecule has 0 aliphatic carbocycles. The summed E-state index contributed by atoms with van der Waals surface area (Å²) in [4.78, 5) is 11.6. The number of rotatable bonds is 6. The molecule has 1 aromatic carbocycles. The Labute approximate surface area is 111 Å². The van der Waals surface area contributed by atoms with Gasteiger partial charge in [0.25, 0.3) is 0 Å². The Morgan fingerprint density at radius 1 is 1.53 bits per heavy atom. The van der Waals surface area contributed by atoms with Gasteiger partial charge in [-0.1, -0.05) is 28.1 Å². The molecule has 17 heavy (non-hydrogen) atoms. The summed E-state index contributed by atoms with van der Waals surface area (Å²) < 4.78 is 6.16. The van der Waals surface area contributed by atoms with Crippen LogP contribution in [0.3, 0.4) is 0 Å². The van der Waals surface area contributed by atoms with E-state index in [1.54, 1.807) is 0 Å². The minimum atomic E-state index is 0.0154. The number of amides is 1. The van der Waals surface area contributed by atoms with Crippen molar-refractivity contribution in [3.05, 3.63) is 34.3 Å². The molecule has 0 spiro atoms. The second kappa shape index (κ2) is 7.45. The highest BCUT2D eigenvalue weighted by Gasteiger charge is 2.09. The van der Waals surface area contributed by atoms with Crippen molar-refractivity contribution in [2.75, 3.05) is 13.2 Å². The smallest absolute Gasteiger partial charge is 0.222 e. The summed E-state index contributed by atoms with van der Waals surface area (Å²) in [7, 11) is 0. The van der Waals surface area contributed by atoms with E-state index in [2.05, 4.69) is 21.2 Å². The molecule has 0 fully saturated rings. The highest BCUT2D eigenvalue weighted by molar-refractivity contribution is 9.10. The first kappa shape index (κ1) is 14.2. The molecular weight excluding hydrogens is 282 g/mol. The highest BCUT2D eigenvalue weighted by Crippen LogP contribution is 2.17. The van der Waals surface area contributed by atoms with Gasteiger partial charge in [0, 0.05) is 17.5 Å². The molecule has 1 rings (SSSR count). The first-order valence-corrected chi connectivity index (χ1v) is 6.55. The molecule has 94 valence electrons. The number of nitrogens with one attached hydrogen (secondary N) is 1. The fraction of sp³-hybridized carbons (Fsp3) is 0.462. The van der Waals surface area contributed by atoms with Gasteiger partial charge in [0.05, 0.1) is 12.6 Å². The van der Waals surface area contributed by atoms with Crippen LogP contribution in [-0.2, 0) is 9.53 Å². The van der Waals surface area contributed by atoms with Crippen LogP contribution in [0, 0.1) is 0 Å². The molecule has 0 saturated heterocycles. The summed E-state index contributed by atoms with van der Waals surface area (Å²) in [6.45, 7) is 5.02. The SMILES string of the molecule is CCOCCC(=O)NC(C)c1cccc(Br)c1. The van der Waals surface area contributed by atoms with Crippen LogP contribution in [0.1, 0.15) is 31.9 Å². The Balaban J connectivity index is 2.43. The van der Waals surface area contributed by atoms with E-state index in [0.29, 0.717) is 19.6 Å². The van der Waals surface area contributed by atoms with Crippen molar-refractivity contribution in [2.45, 2.75) is 26.3 Å². The van der Waals surface area contributed by atoms with Gasteiger partial charge >= 0.3 is 0 Å². The van der Waals surface area contributed by atoms with Crippen LogP contribution in [0.2, 0.25) is 0 Å². The second-order valence-electron chi connectivity index (χ2n) is 3.79. The summed E-state index contributed by atoms with van der Waals surface area (Å²) in [5, 5.41) is 2.94. The van der Waals surface area contributed by atoms with Gasteiger partial charge in [-0.15, -0.1) is 0 Å². The Hall–Kier alpha value is -0.870. The third-order valence-electron chi connectivity index (χ3n) is 2.40. The van der Waals surface area contributed by atoms with E-state index in [1.807, 2.05) is 38.1 Å². The summed E-state index contributed by atoms with van der Waals surface area (Å²) in [6.07, 6.45) is 0.409. The molecule has 1 aromatic rings. The van der Waals surface area contributed by atoms with Gasteiger partial charge < -0.3 is 10.1 Å². The third-order valence-corrected chi connectivity index (χ3v) is 2.90. The summed E-state index contributed by atoms with van der Waals surface area (Å²) in [5.74, 6) is 0.0194. The van der Waals surface area contributed by atoms with E-state index in [0.717, 1.165) is 10.0 Å². The minimum Gasteiger partial charge on any atom is -0.381 e. The number of halogens is 1. The lowest BCUT2D eigenvalue weighted by Crippen LogP contribution is -2.27. The summed E-state index contributed by atoms with van der Waals surface area (Å²) in [5.41, 5.74) is 1.09. The molecule has 1 amide bonds. The zero-order chi connectivity index (χ0) is 12.7. The zero-order valence-electron chi connectivity index (χ0n) is 10.2. The fourth-order valence-corrected chi connectivity index (χ4v) is 1.90. The molecule has 0 aromatic heterocycles. The molecule has 0 radical (unpaired) electrons. The zero-order valence-corrected chi connectivity index (χ0v) is 11.8. The standard InChI is InChI=1S/C13H18BrNO2/c1-3-17-8-7-13(16)15-10(2)11-5-4-6-12(14)9-11/h4-6,9-10H,3,7-8H2,1-2H3,(H,15,16). The molecule has 0 aliphatic heterocycles. The van der Waals surface area contributed by atoms with Crippen LogP contribution in [0.4, 0.5) is 0 Å². The Bertz CT molecular complexity index is 368. The largest absolute Gasteiger partial charge is 0.381 e. The molecule has 0 heterocycles. The van der Waals surface area contributed by atoms with Gasteiger partial charge in [0.1, 0.15) is 0 Å². The van der Waals surface area contributed by atoms with Gasteiger partial charge in [-0.2, -0.15) is 0 Å². The van der Waals surface area contributed by atoms with Gasteiger partial charge in [0.2, 0.25) is 5.91 Å². The van der Waals surface area contributed by atoms with Crippen molar-refractivity contribution in [3.8, 4) is 0 Å². The Morgan fingerprint density at radius 2 is 2.29 bits per heavy atom. The predicted octanol–water partition coefficient (Wildman–Crippen LogP) is 3.05. The Morgan fingerprint density at radius 3 is 2.94 bits per heavy atom. The average Bonchev–Trinajstić information content (AvgIpc) is 2.29. The van der Waals surface area contributed by atoms with Crippen LogP contribution in [0.25, 0.3) is 0 Å². The van der Waals surface area contributed by atoms with Crippen LogP contribution in [0.15, 0.2) is 28.7 Å². The fourth-order valence-electron chi connectivity index (χ4n) is 1.48. The van der Waals surface area contributed by atoms with Gasteiger partial charge in [-0.05, 0) is 31.5 Å². The van der Waals surface area contributed by atoms with Gasteiger partial charge in [-0.3, -0.25) is 4.79 Å². The minimum absolute atomic E-state index is 0.0154. The van der Waals surface area contributed by atoms with E-state index in [9.17, 15) is 4.79 Å². The van der Waals surface area contributed by atoms with E-state index in [4.69, 9.17) is 4.74 Å². The lowest BCUT2D eigenvalue weighted by Gasteiger charge is -2.14. The van der Waals surface area contributed by atoms with E-state index in [1.165, 1.54) is 0 Å². The third kappa shape index (κ3) is 5.33. The van der Waals surface area contributed by atoms with Gasteiger partial charge in [0.15, 0.2) is 0 Å². The monoisotopic (exact) mass is 299 g/mol. The lowest BCUT2D eigenvalue weighted by atomic mass is 10.1. The maximum Gasteiger partial charge on any atom is 0.222 e. The maximum absolute atomic E-state index is 11.6. The number of ether oxygens (including phenoxy) is 1. The number of carbonyl (C=O) groups is 1. The maximum atomic E-state index is 11.6. The van der Waals surface area contributed by atoms with Crippen LogP contribution < -0.4 is 5.32 Å². The summed E-state index contributed by atoms with van der Waals surface area (Å²) in [6, 6.07) is 7.95. The molecule has 0 saturated carbocycles. The molecule has 0 bridgehead atoms. The van der Waals surface area contributed by atoms with Crippen LogP contribution >= 0.6 is 15.9 Å². The predicted molar refractivity (Wildman–Crippen MR) is 71.8 cm³/mol. The van der Waals surface area contributed by atoms with Crippen molar-refractivity contribution in [3.63, 3.8) is 0 Å². The van der Waals surface area contributed by atoms with Gasteiger partial charge in [-0.25, -0.2) is 0 Å². The molecule has 0 aliphatic rings. The van der Waals surface area contributed by atoms with Crippen molar-refractivity contribution in [2.24, 2.45) is 0 Å². The highest BCUT2D eigenvalue weighted by atomic mass is 79.9. The first-order chi connectivity index (χ1) is 8.13. The molecule has 4 heteroatoms. The summed E-state index contributed by atoms with van der Waals surface area (Å²) >= 11 is 3.42. The van der Waals surface area contributed by atoms with E-state index >= 15 is 0 Å². The molecular formula is C13H18BrNO2. The molecule has 3 nitrogen and oxygen atoms in total. The molecule has 1 atom stereocenters. The molecule has 1 unspecified atom stereocenters. The topological polar surface area (TPSA) is 38.3 Å². The average molecular weight is 300 g/mol. The van der Waals surface area contributed by atoms with Crippen LogP contribution in [-0.4, -0.2) is 19.1 Å². The lowest BCUT2D eigenvalue weighted by molar-refractivity contribution is -0.122. The number of benzene rings is 1. The first-order valence-electron chi connectivity index (χ1n) is 5.76. The number of hydrogen-bond acceptors (Lipinski definition) is 2.